The lowest BCUT2D eigenvalue weighted by Gasteiger charge is -2.28. The summed E-state index contributed by atoms with van der Waals surface area (Å²) in [6, 6.07) is 78.5. The zero-order chi connectivity index (χ0) is 40.3. The third kappa shape index (κ3) is 6.16. The molecular formula is C57H36N2OS. The summed E-state index contributed by atoms with van der Waals surface area (Å²) in [4.78, 5) is 7.35. The summed E-state index contributed by atoms with van der Waals surface area (Å²) in [5, 5.41) is 7.27. The number of hydrogen-bond donors (Lipinski definition) is 0. The van der Waals surface area contributed by atoms with Gasteiger partial charge >= 0.3 is 0 Å². The molecule has 286 valence electrons. The lowest BCUT2D eigenvalue weighted by molar-refractivity contribution is 0.620. The van der Waals surface area contributed by atoms with E-state index in [1.807, 2.05) is 30.3 Å². The average molecular weight is 797 g/mol. The number of rotatable bonds is 7. The molecule has 3 nitrogen and oxygen atoms in total. The number of oxazole rings is 1. The number of thiophene rings is 1. The molecule has 0 aliphatic rings. The molecule has 10 aromatic carbocycles. The highest BCUT2D eigenvalue weighted by atomic mass is 32.1. The number of nitrogens with zero attached hydrogens (tertiary/aromatic N) is 2. The van der Waals surface area contributed by atoms with Crippen LogP contribution in [0.25, 0.3) is 97.7 Å². The Labute approximate surface area is 357 Å². The molecule has 12 rings (SSSR count). The maximum Gasteiger partial charge on any atom is 0.227 e. The van der Waals surface area contributed by atoms with Gasteiger partial charge < -0.3 is 9.32 Å². The highest BCUT2D eigenvalue weighted by Gasteiger charge is 2.22. The highest BCUT2D eigenvalue weighted by molar-refractivity contribution is 7.26. The largest absolute Gasteiger partial charge is 0.436 e. The fraction of sp³-hybridized carbons (Fsp3) is 0. The summed E-state index contributed by atoms with van der Waals surface area (Å²) in [5.74, 6) is 0.630. The van der Waals surface area contributed by atoms with Crippen LogP contribution in [0.2, 0.25) is 0 Å². The van der Waals surface area contributed by atoms with Crippen molar-refractivity contribution in [3.8, 4) is 44.8 Å². The normalized spacial score (nSPS) is 11.6. The fourth-order valence-electron chi connectivity index (χ4n) is 8.95. The Kier molecular flexibility index (Phi) is 8.36. The summed E-state index contributed by atoms with van der Waals surface area (Å²) in [5.41, 5.74) is 13.0. The third-order valence-electron chi connectivity index (χ3n) is 11.9. The quantitative estimate of drug-likeness (QED) is 0.161. The number of benzene rings is 10. The Morgan fingerprint density at radius 3 is 1.90 bits per heavy atom. The van der Waals surface area contributed by atoms with Gasteiger partial charge in [0, 0.05) is 37.1 Å². The van der Waals surface area contributed by atoms with Gasteiger partial charge in [0.25, 0.3) is 0 Å². The smallest absolute Gasteiger partial charge is 0.227 e. The third-order valence-corrected chi connectivity index (χ3v) is 13.0. The van der Waals surface area contributed by atoms with Gasteiger partial charge in [-0.25, -0.2) is 4.98 Å². The highest BCUT2D eigenvalue weighted by Crippen LogP contribution is 2.48. The molecule has 0 unspecified atom stereocenters. The molecule has 0 atom stereocenters. The lowest BCUT2D eigenvalue weighted by atomic mass is 9.92. The molecule has 0 N–H and O–H groups in total. The number of hydrogen-bond acceptors (Lipinski definition) is 4. The number of aromatic nitrogens is 1. The first-order chi connectivity index (χ1) is 30.2. The summed E-state index contributed by atoms with van der Waals surface area (Å²) in [7, 11) is 0. The van der Waals surface area contributed by atoms with Gasteiger partial charge in [0.05, 0.1) is 5.69 Å². The summed E-state index contributed by atoms with van der Waals surface area (Å²) in [6.45, 7) is 0. The molecule has 0 spiro atoms. The second-order valence-electron chi connectivity index (χ2n) is 15.5. The molecular weight excluding hydrogens is 761 g/mol. The Balaban J connectivity index is 1.07. The van der Waals surface area contributed by atoms with E-state index in [4.69, 9.17) is 9.40 Å². The van der Waals surface area contributed by atoms with Crippen LogP contribution in [0.4, 0.5) is 17.1 Å². The van der Waals surface area contributed by atoms with Gasteiger partial charge in [-0.15, -0.1) is 11.3 Å². The zero-order valence-electron chi connectivity index (χ0n) is 33.0. The molecule has 0 aliphatic carbocycles. The molecule has 0 aliphatic heterocycles. The minimum absolute atomic E-state index is 0.630. The van der Waals surface area contributed by atoms with Gasteiger partial charge in [0.1, 0.15) is 5.52 Å². The molecule has 2 aromatic heterocycles. The minimum atomic E-state index is 0.630. The van der Waals surface area contributed by atoms with Crippen molar-refractivity contribution in [1.29, 1.82) is 0 Å². The van der Waals surface area contributed by atoms with Gasteiger partial charge in [-0.2, -0.15) is 0 Å². The van der Waals surface area contributed by atoms with Crippen LogP contribution in [0.1, 0.15) is 0 Å². The second kappa shape index (κ2) is 14.5. The van der Waals surface area contributed by atoms with Crippen molar-refractivity contribution in [3.05, 3.63) is 218 Å². The molecule has 0 amide bonds. The van der Waals surface area contributed by atoms with E-state index in [9.17, 15) is 0 Å². The Morgan fingerprint density at radius 1 is 0.393 bits per heavy atom. The first-order valence-corrected chi connectivity index (χ1v) is 21.4. The molecule has 0 bridgehead atoms. The van der Waals surface area contributed by atoms with Gasteiger partial charge in [-0.05, 0) is 122 Å². The predicted molar refractivity (Wildman–Crippen MR) is 258 cm³/mol. The molecule has 4 heteroatoms. The predicted octanol–water partition coefficient (Wildman–Crippen LogP) is 16.6. The van der Waals surface area contributed by atoms with Crippen molar-refractivity contribution in [2.24, 2.45) is 0 Å². The fourth-order valence-corrected chi connectivity index (χ4v) is 10.1. The summed E-state index contributed by atoms with van der Waals surface area (Å²) >= 11 is 1.80. The monoisotopic (exact) mass is 796 g/mol. The van der Waals surface area contributed by atoms with Crippen molar-refractivity contribution >= 4 is 81.2 Å². The first kappa shape index (κ1) is 35.2. The molecule has 12 aromatic rings. The van der Waals surface area contributed by atoms with E-state index in [2.05, 4.69) is 193 Å². The van der Waals surface area contributed by atoms with Crippen molar-refractivity contribution in [3.63, 3.8) is 0 Å². The maximum absolute atomic E-state index is 6.46. The molecule has 2 heterocycles. The van der Waals surface area contributed by atoms with Crippen LogP contribution in [-0.4, -0.2) is 4.98 Å². The molecule has 0 fully saturated rings. The van der Waals surface area contributed by atoms with Crippen LogP contribution in [0.3, 0.4) is 0 Å². The van der Waals surface area contributed by atoms with Crippen molar-refractivity contribution in [2.75, 3.05) is 4.90 Å². The molecule has 61 heavy (non-hydrogen) atoms. The topological polar surface area (TPSA) is 29.3 Å². The average Bonchev–Trinajstić information content (AvgIpc) is 3.92. The Morgan fingerprint density at radius 2 is 1.07 bits per heavy atom. The van der Waals surface area contributed by atoms with E-state index >= 15 is 0 Å². The Bertz CT molecular complexity index is 3580. The molecule has 0 saturated heterocycles. The van der Waals surface area contributed by atoms with Gasteiger partial charge in [0.15, 0.2) is 5.58 Å². The standard InChI is InChI=1S/C57H36N2OS/c1-3-14-39(15-4-1)49-34-45(31-32-48(49)43-26-25-37-13-7-8-19-42(37)33-43)59(44-29-27-40(28-30-44)47-22-11-20-38-16-9-10-21-46(38)47)52-23-12-24-54-56(52)50-35-53-51(36-55(50)61-54)58-57(60-53)41-17-5-2-6-18-41/h1-36H. The van der Waals surface area contributed by atoms with Crippen molar-refractivity contribution < 1.29 is 4.42 Å². The van der Waals surface area contributed by atoms with Crippen LogP contribution >= 0.6 is 11.3 Å². The SMILES string of the molecule is c1ccc(-c2nc3cc4sc5cccc(N(c6ccc(-c7cccc8ccccc78)cc6)c6ccc(-c7ccc8ccccc8c7)c(-c7ccccc7)c6)c5c4cc3o2)cc1. The van der Waals surface area contributed by atoms with Crippen LogP contribution in [0, 0.1) is 0 Å². The van der Waals surface area contributed by atoms with E-state index in [1.165, 1.54) is 69.7 Å². The first-order valence-electron chi connectivity index (χ1n) is 20.6. The van der Waals surface area contributed by atoms with Crippen LogP contribution in [-0.2, 0) is 0 Å². The second-order valence-corrected chi connectivity index (χ2v) is 16.6. The number of anilines is 3. The zero-order valence-corrected chi connectivity index (χ0v) is 33.8. The van der Waals surface area contributed by atoms with E-state index in [0.29, 0.717) is 5.89 Å². The van der Waals surface area contributed by atoms with Crippen LogP contribution in [0.15, 0.2) is 223 Å². The summed E-state index contributed by atoms with van der Waals surface area (Å²) in [6.07, 6.45) is 0. The molecule has 0 radical (unpaired) electrons. The number of fused-ring (bicyclic) bond motifs is 6. The Hall–Kier alpha value is -7.79. The van der Waals surface area contributed by atoms with E-state index in [1.54, 1.807) is 11.3 Å². The van der Waals surface area contributed by atoms with Crippen LogP contribution in [0.5, 0.6) is 0 Å². The van der Waals surface area contributed by atoms with Crippen molar-refractivity contribution in [1.82, 2.24) is 4.98 Å². The summed E-state index contributed by atoms with van der Waals surface area (Å²) < 4.78 is 8.84. The van der Waals surface area contributed by atoms with E-state index in [0.717, 1.165) is 39.1 Å². The maximum atomic E-state index is 6.46. The van der Waals surface area contributed by atoms with Crippen molar-refractivity contribution in [2.45, 2.75) is 0 Å². The minimum Gasteiger partial charge on any atom is -0.436 e. The van der Waals surface area contributed by atoms with E-state index in [-0.39, 0.29) is 0 Å². The van der Waals surface area contributed by atoms with Gasteiger partial charge in [-0.1, -0.05) is 152 Å². The van der Waals surface area contributed by atoms with Crippen LogP contribution < -0.4 is 4.90 Å². The molecule has 0 saturated carbocycles. The lowest BCUT2D eigenvalue weighted by Crippen LogP contribution is -2.10. The van der Waals surface area contributed by atoms with E-state index < -0.39 is 0 Å². The van der Waals surface area contributed by atoms with Gasteiger partial charge in [0.2, 0.25) is 5.89 Å². The van der Waals surface area contributed by atoms with Gasteiger partial charge in [-0.3, -0.25) is 0 Å².